The Balaban J connectivity index is 1.53. The Hall–Kier alpha value is -2.59. The minimum Gasteiger partial charge on any atom is -0.481 e. The molecule has 6 nitrogen and oxygen atoms in total. The van der Waals surface area contributed by atoms with E-state index in [1.807, 2.05) is 10.3 Å². The predicted octanol–water partition coefficient (Wildman–Crippen LogP) is 2.13. The highest BCUT2D eigenvalue weighted by Crippen LogP contribution is 2.20. The van der Waals surface area contributed by atoms with Crippen molar-refractivity contribution in [2.24, 2.45) is 0 Å². The number of aromatic nitrogens is 1. The highest BCUT2D eigenvalue weighted by atomic mass is 32.1. The third-order valence-electron chi connectivity index (χ3n) is 3.93. The second-order valence-electron chi connectivity index (χ2n) is 5.52. The number of nitriles is 1. The van der Waals surface area contributed by atoms with Gasteiger partial charge in [-0.3, -0.25) is 4.79 Å². The van der Waals surface area contributed by atoms with E-state index in [2.05, 4.69) is 16.0 Å². The summed E-state index contributed by atoms with van der Waals surface area (Å²) < 4.78 is 5.70. The van der Waals surface area contributed by atoms with Gasteiger partial charge in [0.25, 0.3) is 5.91 Å². The molecule has 2 aromatic rings. The van der Waals surface area contributed by atoms with Crippen LogP contribution in [-0.4, -0.2) is 48.1 Å². The molecule has 24 heavy (non-hydrogen) atoms. The lowest BCUT2D eigenvalue weighted by molar-refractivity contribution is -0.138. The van der Waals surface area contributed by atoms with E-state index in [4.69, 9.17) is 10.00 Å². The van der Waals surface area contributed by atoms with Crippen molar-refractivity contribution in [2.75, 3.05) is 31.1 Å². The number of nitrogens with zero attached hydrogens (tertiary/aromatic N) is 4. The molecule has 1 aromatic heterocycles. The Bertz CT molecular complexity index is 716. The van der Waals surface area contributed by atoms with Crippen molar-refractivity contribution in [2.45, 2.75) is 13.0 Å². The monoisotopic (exact) mass is 342 g/mol. The molecule has 0 spiro atoms. The fraction of sp³-hybridized carbons (Fsp3) is 0.353. The average molecular weight is 342 g/mol. The van der Waals surface area contributed by atoms with Crippen LogP contribution in [0.4, 0.5) is 5.13 Å². The Morgan fingerprint density at radius 3 is 2.58 bits per heavy atom. The van der Waals surface area contributed by atoms with Gasteiger partial charge in [-0.1, -0.05) is 0 Å². The summed E-state index contributed by atoms with van der Waals surface area (Å²) >= 11 is 1.61. The Morgan fingerprint density at radius 1 is 1.29 bits per heavy atom. The van der Waals surface area contributed by atoms with Crippen LogP contribution in [0.15, 0.2) is 35.8 Å². The molecule has 1 aliphatic heterocycles. The molecule has 1 atom stereocenters. The molecule has 124 valence electrons. The molecular weight excluding hydrogens is 324 g/mol. The fourth-order valence-corrected chi connectivity index (χ4v) is 3.31. The van der Waals surface area contributed by atoms with Gasteiger partial charge in [0.2, 0.25) is 0 Å². The summed E-state index contributed by atoms with van der Waals surface area (Å²) in [7, 11) is 0. The van der Waals surface area contributed by atoms with Crippen LogP contribution in [0.1, 0.15) is 12.5 Å². The topological polar surface area (TPSA) is 69.5 Å². The number of rotatable bonds is 4. The van der Waals surface area contributed by atoms with Gasteiger partial charge in [-0.25, -0.2) is 4.98 Å². The molecule has 1 aromatic carbocycles. The Kier molecular flexibility index (Phi) is 4.96. The van der Waals surface area contributed by atoms with Crippen LogP contribution in [0.25, 0.3) is 0 Å². The lowest BCUT2D eigenvalue weighted by Crippen LogP contribution is -2.52. The zero-order valence-corrected chi connectivity index (χ0v) is 14.2. The second-order valence-corrected chi connectivity index (χ2v) is 6.40. The van der Waals surface area contributed by atoms with Gasteiger partial charge >= 0.3 is 0 Å². The quantitative estimate of drug-likeness (QED) is 0.851. The number of thiazole rings is 1. The smallest absolute Gasteiger partial charge is 0.263 e. The number of benzene rings is 1. The minimum atomic E-state index is -0.552. The van der Waals surface area contributed by atoms with Gasteiger partial charge < -0.3 is 14.5 Å². The van der Waals surface area contributed by atoms with Crippen molar-refractivity contribution in [1.82, 2.24) is 9.88 Å². The van der Waals surface area contributed by atoms with E-state index in [9.17, 15) is 4.79 Å². The highest BCUT2D eigenvalue weighted by Gasteiger charge is 2.26. The maximum absolute atomic E-state index is 12.5. The summed E-state index contributed by atoms with van der Waals surface area (Å²) in [6.07, 6.45) is 1.25. The van der Waals surface area contributed by atoms with E-state index >= 15 is 0 Å². The molecule has 0 radical (unpaired) electrons. The molecule has 1 amide bonds. The van der Waals surface area contributed by atoms with E-state index in [0.717, 1.165) is 18.2 Å². The summed E-state index contributed by atoms with van der Waals surface area (Å²) in [4.78, 5) is 20.9. The van der Waals surface area contributed by atoms with E-state index in [1.54, 1.807) is 48.7 Å². The molecule has 3 rings (SSSR count). The molecule has 0 bridgehead atoms. The lowest BCUT2D eigenvalue weighted by atomic mass is 10.2. The first-order valence-corrected chi connectivity index (χ1v) is 8.65. The van der Waals surface area contributed by atoms with Gasteiger partial charge in [0.05, 0.1) is 11.6 Å². The van der Waals surface area contributed by atoms with Crippen LogP contribution in [0.2, 0.25) is 0 Å². The normalized spacial score (nSPS) is 15.7. The summed E-state index contributed by atoms with van der Waals surface area (Å²) in [5.74, 6) is 0.578. The number of piperazine rings is 1. The molecule has 2 heterocycles. The molecule has 1 fully saturated rings. The van der Waals surface area contributed by atoms with Gasteiger partial charge in [-0.2, -0.15) is 5.26 Å². The molecular formula is C17H18N4O2S. The lowest BCUT2D eigenvalue weighted by Gasteiger charge is -2.35. The van der Waals surface area contributed by atoms with Gasteiger partial charge in [0.15, 0.2) is 11.2 Å². The van der Waals surface area contributed by atoms with Crippen molar-refractivity contribution in [3.63, 3.8) is 0 Å². The van der Waals surface area contributed by atoms with Crippen LogP contribution in [0, 0.1) is 11.3 Å². The SMILES string of the molecule is C[C@H](Oc1ccc(C#N)cc1)C(=O)N1CCN(c2nccs2)CC1. The average Bonchev–Trinajstić information content (AvgIpc) is 3.16. The number of hydrogen-bond donors (Lipinski definition) is 0. The fourth-order valence-electron chi connectivity index (χ4n) is 2.61. The van der Waals surface area contributed by atoms with Crippen molar-refractivity contribution >= 4 is 22.4 Å². The van der Waals surface area contributed by atoms with E-state index < -0.39 is 6.10 Å². The highest BCUT2D eigenvalue weighted by molar-refractivity contribution is 7.13. The molecule has 7 heteroatoms. The number of ether oxygens (including phenoxy) is 1. The molecule has 0 saturated carbocycles. The second kappa shape index (κ2) is 7.32. The Morgan fingerprint density at radius 2 is 2.00 bits per heavy atom. The minimum absolute atomic E-state index is 0.0156. The van der Waals surface area contributed by atoms with Gasteiger partial charge in [0.1, 0.15) is 5.75 Å². The van der Waals surface area contributed by atoms with Crippen LogP contribution < -0.4 is 9.64 Å². The molecule has 1 saturated heterocycles. The zero-order chi connectivity index (χ0) is 16.9. The van der Waals surface area contributed by atoms with E-state index in [-0.39, 0.29) is 5.91 Å². The summed E-state index contributed by atoms with van der Waals surface area (Å²) in [5.41, 5.74) is 0.569. The van der Waals surface area contributed by atoms with Gasteiger partial charge in [-0.05, 0) is 31.2 Å². The molecule has 0 N–H and O–H groups in total. The van der Waals surface area contributed by atoms with Crippen LogP contribution >= 0.6 is 11.3 Å². The largest absolute Gasteiger partial charge is 0.481 e. The summed E-state index contributed by atoms with van der Waals surface area (Å²) in [6.45, 7) is 4.65. The van der Waals surface area contributed by atoms with Crippen molar-refractivity contribution < 1.29 is 9.53 Å². The van der Waals surface area contributed by atoms with Crippen LogP contribution in [0.5, 0.6) is 5.75 Å². The predicted molar refractivity (Wildman–Crippen MR) is 92.2 cm³/mol. The summed E-state index contributed by atoms with van der Waals surface area (Å²) in [5, 5.41) is 11.8. The van der Waals surface area contributed by atoms with Crippen molar-refractivity contribution in [1.29, 1.82) is 5.26 Å². The first-order chi connectivity index (χ1) is 11.7. The number of anilines is 1. The zero-order valence-electron chi connectivity index (χ0n) is 13.4. The number of amides is 1. The maximum Gasteiger partial charge on any atom is 0.263 e. The van der Waals surface area contributed by atoms with E-state index in [1.165, 1.54) is 0 Å². The van der Waals surface area contributed by atoms with Crippen molar-refractivity contribution in [3.8, 4) is 11.8 Å². The molecule has 1 aliphatic rings. The van der Waals surface area contributed by atoms with Gasteiger partial charge in [-0.15, -0.1) is 11.3 Å². The van der Waals surface area contributed by atoms with E-state index in [0.29, 0.717) is 24.4 Å². The third kappa shape index (κ3) is 3.66. The first kappa shape index (κ1) is 16.3. The number of hydrogen-bond acceptors (Lipinski definition) is 6. The molecule has 0 aliphatic carbocycles. The molecule has 0 unspecified atom stereocenters. The van der Waals surface area contributed by atoms with Gasteiger partial charge in [0, 0.05) is 37.8 Å². The standard InChI is InChI=1S/C17H18N4O2S/c1-13(23-15-4-2-14(12-18)3-5-15)16(22)20-7-9-21(10-8-20)17-19-6-11-24-17/h2-6,11,13H,7-10H2,1H3/t13-/m0/s1. The van der Waals surface area contributed by atoms with Crippen LogP contribution in [0.3, 0.4) is 0 Å². The number of carbonyl (C=O) groups is 1. The summed E-state index contributed by atoms with van der Waals surface area (Å²) in [6, 6.07) is 8.84. The Labute approximate surface area is 144 Å². The third-order valence-corrected chi connectivity index (χ3v) is 4.76. The first-order valence-electron chi connectivity index (χ1n) is 7.77. The van der Waals surface area contributed by atoms with Crippen molar-refractivity contribution in [3.05, 3.63) is 41.4 Å². The maximum atomic E-state index is 12.5. The number of carbonyl (C=O) groups excluding carboxylic acids is 1. The van der Waals surface area contributed by atoms with Crippen LogP contribution in [-0.2, 0) is 4.79 Å².